The fourth-order valence-electron chi connectivity index (χ4n) is 4.70. The number of thioether (sulfide) groups is 1. The maximum Gasteiger partial charge on any atom is 0.220 e. The van der Waals surface area contributed by atoms with Gasteiger partial charge in [-0.25, -0.2) is 4.98 Å². The van der Waals surface area contributed by atoms with E-state index in [1.54, 1.807) is 26.0 Å². The molecule has 10 heteroatoms. The van der Waals surface area contributed by atoms with E-state index in [0.29, 0.717) is 36.2 Å². The Bertz CT molecular complexity index is 1640. The Hall–Kier alpha value is -3.63. The number of fused-ring (bicyclic) bond motifs is 3. The fourth-order valence-corrected chi connectivity index (χ4v) is 5.75. The topological polar surface area (TPSA) is 91.2 Å². The first kappa shape index (κ1) is 28.9. The SMILES string of the molecule is COc1ccc(CCNC(=O)CCCCSc2nnc3c4ccccc4n(Cc4ccc(Br)cc4)c3n2)cc1OC. The van der Waals surface area contributed by atoms with Crippen LogP contribution in [0.4, 0.5) is 0 Å². The summed E-state index contributed by atoms with van der Waals surface area (Å²) >= 11 is 5.09. The fraction of sp³-hybridized carbons (Fsp3) is 0.290. The lowest BCUT2D eigenvalue weighted by Crippen LogP contribution is -2.25. The summed E-state index contributed by atoms with van der Waals surface area (Å²) in [5.74, 6) is 2.27. The summed E-state index contributed by atoms with van der Waals surface area (Å²) in [6.07, 6.45) is 2.91. The lowest BCUT2D eigenvalue weighted by atomic mass is 10.1. The van der Waals surface area contributed by atoms with E-state index in [9.17, 15) is 4.79 Å². The number of amides is 1. The second-order valence-electron chi connectivity index (χ2n) is 9.59. The number of halogens is 1. The number of methoxy groups -OCH3 is 2. The van der Waals surface area contributed by atoms with Crippen molar-refractivity contribution in [1.82, 2.24) is 25.1 Å². The van der Waals surface area contributed by atoms with E-state index in [-0.39, 0.29) is 5.91 Å². The lowest BCUT2D eigenvalue weighted by Gasteiger charge is -2.10. The molecule has 8 nitrogen and oxygen atoms in total. The first-order chi connectivity index (χ1) is 20.1. The molecular formula is C31H32BrN5O3S. The average Bonchev–Trinajstić information content (AvgIpc) is 3.30. The molecule has 1 amide bonds. The number of carbonyl (C=O) groups excluding carboxylic acids is 1. The van der Waals surface area contributed by atoms with Gasteiger partial charge in [0.25, 0.3) is 0 Å². The summed E-state index contributed by atoms with van der Waals surface area (Å²) in [7, 11) is 3.23. The molecule has 0 atom stereocenters. The molecule has 0 aliphatic heterocycles. The van der Waals surface area contributed by atoms with Gasteiger partial charge in [0.15, 0.2) is 17.1 Å². The molecule has 2 heterocycles. The van der Waals surface area contributed by atoms with Gasteiger partial charge in [-0.1, -0.05) is 64.1 Å². The summed E-state index contributed by atoms with van der Waals surface area (Å²) in [6, 6.07) is 22.4. The molecular weight excluding hydrogens is 602 g/mol. The van der Waals surface area contributed by atoms with Gasteiger partial charge in [-0.2, -0.15) is 0 Å². The molecule has 0 aliphatic rings. The summed E-state index contributed by atoms with van der Waals surface area (Å²) in [5, 5.41) is 13.7. The number of benzene rings is 3. The van der Waals surface area contributed by atoms with E-state index in [4.69, 9.17) is 14.5 Å². The van der Waals surface area contributed by atoms with Crippen molar-refractivity contribution in [2.45, 2.75) is 37.4 Å². The van der Waals surface area contributed by atoms with Crippen LogP contribution in [0.5, 0.6) is 11.5 Å². The normalized spacial score (nSPS) is 11.2. The van der Waals surface area contributed by atoms with Gasteiger partial charge < -0.3 is 19.4 Å². The van der Waals surface area contributed by atoms with Crippen LogP contribution in [0, 0.1) is 0 Å². The van der Waals surface area contributed by atoms with Gasteiger partial charge in [0.1, 0.15) is 5.52 Å². The van der Waals surface area contributed by atoms with E-state index < -0.39 is 0 Å². The molecule has 0 radical (unpaired) electrons. The summed E-state index contributed by atoms with van der Waals surface area (Å²) in [4.78, 5) is 17.2. The van der Waals surface area contributed by atoms with Crippen LogP contribution in [0.1, 0.15) is 30.4 Å². The highest BCUT2D eigenvalue weighted by molar-refractivity contribution is 9.10. The molecule has 0 spiro atoms. The number of para-hydroxylation sites is 1. The number of hydrogen-bond acceptors (Lipinski definition) is 7. The molecule has 0 saturated carbocycles. The van der Waals surface area contributed by atoms with Gasteiger partial charge in [-0.3, -0.25) is 4.79 Å². The molecule has 1 N–H and O–H groups in total. The highest BCUT2D eigenvalue weighted by Gasteiger charge is 2.15. The van der Waals surface area contributed by atoms with Crippen LogP contribution in [-0.4, -0.2) is 52.2 Å². The van der Waals surface area contributed by atoms with Crippen LogP contribution in [0.25, 0.3) is 22.1 Å². The third-order valence-corrected chi connectivity index (χ3v) is 8.27. The quantitative estimate of drug-likeness (QED) is 0.118. The molecule has 0 bridgehead atoms. The summed E-state index contributed by atoms with van der Waals surface area (Å²) in [5.41, 5.74) is 5.00. The molecule has 212 valence electrons. The van der Waals surface area contributed by atoms with Crippen molar-refractivity contribution in [3.63, 3.8) is 0 Å². The second-order valence-corrected chi connectivity index (χ2v) is 11.6. The number of nitrogens with one attached hydrogen (secondary N) is 1. The predicted octanol–water partition coefficient (Wildman–Crippen LogP) is 6.43. The Morgan fingerprint density at radius 1 is 0.951 bits per heavy atom. The van der Waals surface area contributed by atoms with Crippen LogP contribution in [0.2, 0.25) is 0 Å². The minimum absolute atomic E-state index is 0.0623. The molecule has 2 aromatic heterocycles. The number of hydrogen-bond donors (Lipinski definition) is 1. The smallest absolute Gasteiger partial charge is 0.220 e. The Morgan fingerprint density at radius 3 is 2.54 bits per heavy atom. The molecule has 0 unspecified atom stereocenters. The van der Waals surface area contributed by atoms with Crippen molar-refractivity contribution < 1.29 is 14.3 Å². The van der Waals surface area contributed by atoms with Gasteiger partial charge >= 0.3 is 0 Å². The van der Waals surface area contributed by atoms with Gasteiger partial charge in [0.05, 0.1) is 19.7 Å². The first-order valence-corrected chi connectivity index (χ1v) is 15.3. The number of carbonyl (C=O) groups is 1. The van der Waals surface area contributed by atoms with Crippen molar-refractivity contribution in [2.24, 2.45) is 0 Å². The maximum absolute atomic E-state index is 12.3. The standard InChI is InChI=1S/C31H32BrN5O3S/c1-39-26-15-12-21(19-27(26)40-2)16-17-33-28(38)9-5-6-18-41-31-34-30-29(35-36-31)24-7-3-4-8-25(24)37(30)20-22-10-13-23(32)14-11-22/h3-4,7-8,10-15,19H,5-6,9,16-18,20H2,1-2H3,(H,33,38). The minimum atomic E-state index is 0.0623. The first-order valence-electron chi connectivity index (χ1n) is 13.5. The van der Waals surface area contributed by atoms with Crippen LogP contribution >= 0.6 is 27.7 Å². The summed E-state index contributed by atoms with van der Waals surface area (Å²) in [6.45, 7) is 1.28. The number of unbranched alkanes of at least 4 members (excludes halogenated alkanes) is 1. The number of rotatable bonds is 13. The molecule has 41 heavy (non-hydrogen) atoms. The van der Waals surface area contributed by atoms with Crippen molar-refractivity contribution in [3.05, 3.63) is 82.3 Å². The van der Waals surface area contributed by atoms with Crippen LogP contribution < -0.4 is 14.8 Å². The number of aromatic nitrogens is 4. The van der Waals surface area contributed by atoms with E-state index in [2.05, 4.69) is 72.4 Å². The molecule has 5 rings (SSSR count). The zero-order valence-electron chi connectivity index (χ0n) is 23.1. The number of nitrogens with zero attached hydrogens (tertiary/aromatic N) is 4. The highest BCUT2D eigenvalue weighted by Crippen LogP contribution is 2.29. The Morgan fingerprint density at radius 2 is 1.73 bits per heavy atom. The van der Waals surface area contributed by atoms with Crippen molar-refractivity contribution >= 4 is 55.7 Å². The van der Waals surface area contributed by atoms with Crippen LogP contribution in [0.3, 0.4) is 0 Å². The molecule has 0 saturated heterocycles. The van der Waals surface area contributed by atoms with E-state index in [0.717, 1.165) is 57.1 Å². The average molecular weight is 635 g/mol. The third-order valence-electron chi connectivity index (χ3n) is 6.82. The highest BCUT2D eigenvalue weighted by atomic mass is 79.9. The Labute approximate surface area is 252 Å². The van der Waals surface area contributed by atoms with Crippen molar-refractivity contribution in [3.8, 4) is 11.5 Å². The Balaban J connectivity index is 1.12. The van der Waals surface area contributed by atoms with Crippen molar-refractivity contribution in [1.29, 1.82) is 0 Å². The molecule has 3 aromatic carbocycles. The monoisotopic (exact) mass is 633 g/mol. The van der Waals surface area contributed by atoms with Crippen LogP contribution in [0.15, 0.2) is 76.4 Å². The van der Waals surface area contributed by atoms with Crippen molar-refractivity contribution in [2.75, 3.05) is 26.5 Å². The third kappa shape index (κ3) is 7.18. The summed E-state index contributed by atoms with van der Waals surface area (Å²) < 4.78 is 13.9. The molecule has 0 aliphatic carbocycles. The Kier molecular flexibility index (Phi) is 9.74. The molecule has 5 aromatic rings. The van der Waals surface area contributed by atoms with Gasteiger partial charge in [-0.05, 0) is 60.7 Å². The number of ether oxygens (including phenoxy) is 2. The second kappa shape index (κ2) is 13.8. The van der Waals surface area contributed by atoms with E-state index in [1.165, 1.54) is 5.56 Å². The predicted molar refractivity (Wildman–Crippen MR) is 167 cm³/mol. The van der Waals surface area contributed by atoms with E-state index >= 15 is 0 Å². The minimum Gasteiger partial charge on any atom is -0.493 e. The van der Waals surface area contributed by atoms with Gasteiger partial charge in [0.2, 0.25) is 11.1 Å². The zero-order chi connectivity index (χ0) is 28.6. The van der Waals surface area contributed by atoms with E-state index in [1.807, 2.05) is 30.3 Å². The van der Waals surface area contributed by atoms with Gasteiger partial charge in [0, 0.05) is 35.1 Å². The largest absolute Gasteiger partial charge is 0.493 e. The van der Waals surface area contributed by atoms with Gasteiger partial charge in [-0.15, -0.1) is 10.2 Å². The molecule has 0 fully saturated rings. The van der Waals surface area contributed by atoms with Crippen LogP contribution in [-0.2, 0) is 17.8 Å². The maximum atomic E-state index is 12.3. The zero-order valence-corrected chi connectivity index (χ0v) is 25.5. The lowest BCUT2D eigenvalue weighted by molar-refractivity contribution is -0.121.